The van der Waals surface area contributed by atoms with Gasteiger partial charge in [0.05, 0.1) is 5.56 Å². The molecule has 3 rings (SSSR count). The zero-order chi connectivity index (χ0) is 16.4. The molecule has 9 heteroatoms. The highest BCUT2D eigenvalue weighted by atomic mass is 19.4. The molecule has 0 aliphatic rings. The average molecular weight is 323 g/mol. The van der Waals surface area contributed by atoms with Crippen molar-refractivity contribution in [1.82, 2.24) is 10.1 Å². The zero-order valence-electron chi connectivity index (χ0n) is 11.4. The van der Waals surface area contributed by atoms with Crippen LogP contribution in [0.2, 0.25) is 0 Å². The number of benzene rings is 1. The molecule has 0 bridgehead atoms. The van der Waals surface area contributed by atoms with Crippen molar-refractivity contribution in [3.05, 3.63) is 54.4 Å². The maximum Gasteiger partial charge on any atom is 0.416 e. The van der Waals surface area contributed by atoms with Gasteiger partial charge >= 0.3 is 6.18 Å². The lowest BCUT2D eigenvalue weighted by molar-refractivity contribution is -0.904. The van der Waals surface area contributed by atoms with Crippen molar-refractivity contribution in [1.29, 1.82) is 0 Å². The molecule has 0 spiro atoms. The minimum atomic E-state index is -4.43. The van der Waals surface area contributed by atoms with Gasteiger partial charge in [-0.1, -0.05) is 6.07 Å². The van der Waals surface area contributed by atoms with E-state index in [4.69, 9.17) is 4.52 Å². The van der Waals surface area contributed by atoms with Gasteiger partial charge in [0.25, 0.3) is 11.8 Å². The van der Waals surface area contributed by atoms with E-state index in [1.165, 1.54) is 24.5 Å². The van der Waals surface area contributed by atoms with Crippen LogP contribution in [0.15, 0.2) is 53.3 Å². The van der Waals surface area contributed by atoms with Gasteiger partial charge in [0.15, 0.2) is 0 Å². The number of hydrogen-bond acceptors (Lipinski definition) is 5. The van der Waals surface area contributed by atoms with E-state index < -0.39 is 11.7 Å². The maximum absolute atomic E-state index is 12.7. The van der Waals surface area contributed by atoms with Crippen molar-refractivity contribution in [3.8, 4) is 11.5 Å². The SMILES string of the molecule is O[n+]1cccc(-c2nc(Nc3cccc(C(F)(F)F)c3)no2)c1. The summed E-state index contributed by atoms with van der Waals surface area (Å²) in [6.07, 6.45) is -1.68. The predicted molar refractivity (Wildman–Crippen MR) is 71.8 cm³/mol. The minimum absolute atomic E-state index is 0.00710. The summed E-state index contributed by atoms with van der Waals surface area (Å²) in [6, 6.07) is 7.85. The number of aromatic nitrogens is 3. The van der Waals surface area contributed by atoms with Crippen LogP contribution in [0.1, 0.15) is 5.56 Å². The second kappa shape index (κ2) is 5.59. The standard InChI is InChI=1S/C14H10F3N4O2/c15-14(16,17)10-4-1-5-11(7-10)18-13-19-12(23-20-13)9-3-2-6-21(22)8-9/h1-8,22H,(H,18,20)/q+1. The molecule has 2 heterocycles. The molecule has 0 fully saturated rings. The molecule has 23 heavy (non-hydrogen) atoms. The van der Waals surface area contributed by atoms with Gasteiger partial charge in [-0.3, -0.25) is 5.21 Å². The number of rotatable bonds is 3. The molecule has 2 N–H and O–H groups in total. The molecule has 3 aromatic rings. The third kappa shape index (κ3) is 3.39. The van der Waals surface area contributed by atoms with E-state index in [2.05, 4.69) is 15.5 Å². The van der Waals surface area contributed by atoms with Crippen LogP contribution in [-0.2, 0) is 6.18 Å². The fraction of sp³-hybridized carbons (Fsp3) is 0.0714. The van der Waals surface area contributed by atoms with Gasteiger partial charge in [0.2, 0.25) is 12.4 Å². The van der Waals surface area contributed by atoms with Gasteiger partial charge in [0.1, 0.15) is 5.56 Å². The molecule has 0 amide bonds. The van der Waals surface area contributed by atoms with Crippen molar-refractivity contribution in [2.45, 2.75) is 6.18 Å². The van der Waals surface area contributed by atoms with E-state index in [-0.39, 0.29) is 17.5 Å². The summed E-state index contributed by atoms with van der Waals surface area (Å²) in [4.78, 5) is 4.01. The molecule has 0 aliphatic heterocycles. The van der Waals surface area contributed by atoms with Crippen LogP contribution >= 0.6 is 0 Å². The number of halogens is 3. The van der Waals surface area contributed by atoms with E-state index in [1.807, 2.05) is 0 Å². The number of nitrogens with zero attached hydrogens (tertiary/aromatic N) is 3. The van der Waals surface area contributed by atoms with Crippen molar-refractivity contribution in [2.24, 2.45) is 0 Å². The van der Waals surface area contributed by atoms with E-state index in [0.717, 1.165) is 16.9 Å². The van der Waals surface area contributed by atoms with Crippen LogP contribution in [0.25, 0.3) is 11.5 Å². The Balaban J connectivity index is 1.82. The number of alkyl halides is 3. The van der Waals surface area contributed by atoms with E-state index in [1.54, 1.807) is 12.1 Å². The smallest absolute Gasteiger partial charge is 0.332 e. The lowest BCUT2D eigenvalue weighted by atomic mass is 10.2. The lowest BCUT2D eigenvalue weighted by Crippen LogP contribution is -2.28. The molecule has 1 aromatic carbocycles. The van der Waals surface area contributed by atoms with Crippen LogP contribution in [0, 0.1) is 0 Å². The van der Waals surface area contributed by atoms with Crippen LogP contribution in [0.4, 0.5) is 24.8 Å². The van der Waals surface area contributed by atoms with Crippen LogP contribution in [0.3, 0.4) is 0 Å². The highest BCUT2D eigenvalue weighted by molar-refractivity contribution is 5.57. The second-order valence-corrected chi connectivity index (χ2v) is 4.60. The monoisotopic (exact) mass is 323 g/mol. The number of nitrogens with one attached hydrogen (secondary N) is 1. The first kappa shape index (κ1) is 14.8. The number of pyridine rings is 1. The fourth-order valence-corrected chi connectivity index (χ4v) is 1.88. The fourth-order valence-electron chi connectivity index (χ4n) is 1.88. The Morgan fingerprint density at radius 1 is 1.17 bits per heavy atom. The summed E-state index contributed by atoms with van der Waals surface area (Å²) in [5, 5.41) is 15.6. The largest absolute Gasteiger partial charge is 0.416 e. The van der Waals surface area contributed by atoms with Crippen molar-refractivity contribution in [2.75, 3.05) is 5.32 Å². The molecule has 0 saturated carbocycles. The molecule has 0 saturated heterocycles. The maximum atomic E-state index is 12.7. The molecule has 6 nitrogen and oxygen atoms in total. The van der Waals surface area contributed by atoms with Crippen molar-refractivity contribution < 1.29 is 27.6 Å². The van der Waals surface area contributed by atoms with Gasteiger partial charge in [-0.2, -0.15) is 18.2 Å². The molecule has 2 aromatic heterocycles. The Bertz CT molecular complexity index is 833. The van der Waals surface area contributed by atoms with Gasteiger partial charge in [0, 0.05) is 16.5 Å². The number of anilines is 2. The Morgan fingerprint density at radius 2 is 2.00 bits per heavy atom. The van der Waals surface area contributed by atoms with Gasteiger partial charge < -0.3 is 9.84 Å². The predicted octanol–water partition coefficient (Wildman–Crippen LogP) is 3.02. The topological polar surface area (TPSA) is 75.1 Å². The van der Waals surface area contributed by atoms with E-state index >= 15 is 0 Å². The van der Waals surface area contributed by atoms with Crippen molar-refractivity contribution in [3.63, 3.8) is 0 Å². The Hall–Kier alpha value is -3.10. The number of hydrogen-bond donors (Lipinski definition) is 2. The molecule has 0 aliphatic carbocycles. The summed E-state index contributed by atoms with van der Waals surface area (Å²) in [6.45, 7) is 0. The first-order chi connectivity index (χ1) is 10.9. The molecule has 0 radical (unpaired) electrons. The summed E-state index contributed by atoms with van der Waals surface area (Å²) < 4.78 is 43.8. The highest BCUT2D eigenvalue weighted by Crippen LogP contribution is 2.31. The van der Waals surface area contributed by atoms with Crippen LogP contribution < -0.4 is 10.0 Å². The first-order valence-corrected chi connectivity index (χ1v) is 6.41. The average Bonchev–Trinajstić information content (AvgIpc) is 2.95. The van der Waals surface area contributed by atoms with E-state index in [0.29, 0.717) is 5.56 Å². The normalized spacial score (nSPS) is 11.4. The molecule has 0 atom stereocenters. The quantitative estimate of drug-likeness (QED) is 0.572. The minimum Gasteiger partial charge on any atom is -0.332 e. The summed E-state index contributed by atoms with van der Waals surface area (Å²) >= 11 is 0. The third-order valence-corrected chi connectivity index (χ3v) is 2.90. The summed E-state index contributed by atoms with van der Waals surface area (Å²) in [5.74, 6) is 0.121. The molecule has 118 valence electrons. The Kier molecular flexibility index (Phi) is 3.61. The van der Waals surface area contributed by atoms with Gasteiger partial charge in [-0.05, 0) is 29.4 Å². The van der Waals surface area contributed by atoms with Crippen LogP contribution in [0.5, 0.6) is 0 Å². The highest BCUT2D eigenvalue weighted by Gasteiger charge is 2.30. The molecular weight excluding hydrogens is 313 g/mol. The summed E-state index contributed by atoms with van der Waals surface area (Å²) in [7, 11) is 0. The van der Waals surface area contributed by atoms with Crippen molar-refractivity contribution >= 4 is 11.6 Å². The summed E-state index contributed by atoms with van der Waals surface area (Å²) in [5.41, 5.74) is -0.146. The lowest BCUT2D eigenvalue weighted by Gasteiger charge is -2.08. The third-order valence-electron chi connectivity index (χ3n) is 2.90. The first-order valence-electron chi connectivity index (χ1n) is 6.41. The van der Waals surface area contributed by atoms with E-state index in [9.17, 15) is 18.4 Å². The Labute approximate surface area is 127 Å². The second-order valence-electron chi connectivity index (χ2n) is 4.60. The Morgan fingerprint density at radius 3 is 2.74 bits per heavy atom. The zero-order valence-corrected chi connectivity index (χ0v) is 11.4. The van der Waals surface area contributed by atoms with Gasteiger partial charge in [-0.25, -0.2) is 0 Å². The van der Waals surface area contributed by atoms with Crippen LogP contribution in [-0.4, -0.2) is 15.3 Å². The molecule has 0 unspecified atom stereocenters. The van der Waals surface area contributed by atoms with Gasteiger partial charge in [-0.15, -0.1) is 0 Å². The molecular formula is C14H10F3N4O2+.